The largest absolute Gasteiger partial charge is 0.456 e. The normalized spacial score (nSPS) is 13.4. The van der Waals surface area contributed by atoms with Gasteiger partial charge in [0.25, 0.3) is 0 Å². The summed E-state index contributed by atoms with van der Waals surface area (Å²) in [7, 11) is 0. The summed E-state index contributed by atoms with van der Waals surface area (Å²) < 4.78 is 6.76. The van der Waals surface area contributed by atoms with Gasteiger partial charge in [-0.1, -0.05) is 6.07 Å². The van der Waals surface area contributed by atoms with E-state index in [1.165, 1.54) is 24.0 Å². The standard InChI is InChI=1S/C15H14BrNO/c16-14-9-12(17)5-7-15(14)18-13-6-4-10-2-1-3-11(10)8-13/h4-9H,1-3,17H2. The molecule has 2 aromatic carbocycles. The van der Waals surface area contributed by atoms with Crippen LogP contribution in [0.2, 0.25) is 0 Å². The predicted octanol–water partition coefficient (Wildman–Crippen LogP) is 4.31. The summed E-state index contributed by atoms with van der Waals surface area (Å²) in [5.74, 6) is 1.68. The topological polar surface area (TPSA) is 35.2 Å². The molecule has 0 saturated carbocycles. The molecule has 0 bridgehead atoms. The highest BCUT2D eigenvalue weighted by Crippen LogP contribution is 2.33. The van der Waals surface area contributed by atoms with Gasteiger partial charge in [-0.2, -0.15) is 0 Å². The fourth-order valence-corrected chi connectivity index (χ4v) is 2.82. The summed E-state index contributed by atoms with van der Waals surface area (Å²) in [5.41, 5.74) is 9.31. The van der Waals surface area contributed by atoms with Crippen LogP contribution in [-0.4, -0.2) is 0 Å². The molecule has 1 aliphatic rings. The number of rotatable bonds is 2. The molecule has 0 spiro atoms. The van der Waals surface area contributed by atoms with Crippen LogP contribution < -0.4 is 10.5 Å². The van der Waals surface area contributed by atoms with Gasteiger partial charge in [0.15, 0.2) is 0 Å². The number of ether oxygens (including phenoxy) is 1. The Balaban J connectivity index is 1.88. The Hall–Kier alpha value is -1.48. The maximum Gasteiger partial charge on any atom is 0.141 e. The third-order valence-corrected chi connectivity index (χ3v) is 3.87. The molecular formula is C15H14BrNO. The minimum absolute atomic E-state index is 0.725. The third-order valence-electron chi connectivity index (χ3n) is 3.25. The molecule has 2 aromatic rings. The number of nitrogens with two attached hydrogens (primary N) is 1. The molecule has 3 heteroatoms. The molecule has 0 heterocycles. The van der Waals surface area contributed by atoms with E-state index in [2.05, 4.69) is 28.1 Å². The van der Waals surface area contributed by atoms with Crippen LogP contribution in [0.5, 0.6) is 11.5 Å². The number of aryl methyl sites for hydroxylation is 2. The maximum absolute atomic E-state index is 5.89. The van der Waals surface area contributed by atoms with E-state index in [0.29, 0.717) is 0 Å². The molecule has 3 rings (SSSR count). The quantitative estimate of drug-likeness (QED) is 0.839. The summed E-state index contributed by atoms with van der Waals surface area (Å²) in [4.78, 5) is 0. The van der Waals surface area contributed by atoms with Gasteiger partial charge in [-0.05, 0) is 76.7 Å². The molecule has 0 saturated heterocycles. The molecular weight excluding hydrogens is 290 g/mol. The lowest BCUT2D eigenvalue weighted by atomic mass is 10.1. The zero-order valence-corrected chi connectivity index (χ0v) is 11.5. The lowest BCUT2D eigenvalue weighted by molar-refractivity contribution is 0.479. The second-order valence-corrected chi connectivity index (χ2v) is 5.43. The van der Waals surface area contributed by atoms with Crippen LogP contribution in [0.4, 0.5) is 5.69 Å². The van der Waals surface area contributed by atoms with Crippen LogP contribution in [0.25, 0.3) is 0 Å². The van der Waals surface area contributed by atoms with E-state index in [1.807, 2.05) is 24.3 Å². The Labute approximate surface area is 115 Å². The fourth-order valence-electron chi connectivity index (χ4n) is 2.34. The molecule has 0 aromatic heterocycles. The van der Waals surface area contributed by atoms with Gasteiger partial charge in [0.2, 0.25) is 0 Å². The summed E-state index contributed by atoms with van der Waals surface area (Å²) >= 11 is 3.46. The van der Waals surface area contributed by atoms with Crippen molar-refractivity contribution in [3.05, 3.63) is 52.0 Å². The molecule has 0 fully saturated rings. The van der Waals surface area contributed by atoms with Crippen molar-refractivity contribution in [2.45, 2.75) is 19.3 Å². The minimum atomic E-state index is 0.725. The van der Waals surface area contributed by atoms with Crippen molar-refractivity contribution in [3.8, 4) is 11.5 Å². The van der Waals surface area contributed by atoms with E-state index in [4.69, 9.17) is 10.5 Å². The number of fused-ring (bicyclic) bond motifs is 1. The smallest absolute Gasteiger partial charge is 0.141 e. The Morgan fingerprint density at radius 3 is 2.67 bits per heavy atom. The van der Waals surface area contributed by atoms with Crippen LogP contribution in [0.1, 0.15) is 17.5 Å². The first-order valence-corrected chi connectivity index (χ1v) is 6.86. The minimum Gasteiger partial charge on any atom is -0.456 e. The van der Waals surface area contributed by atoms with E-state index in [-0.39, 0.29) is 0 Å². The fraction of sp³-hybridized carbons (Fsp3) is 0.200. The number of hydrogen-bond acceptors (Lipinski definition) is 2. The van der Waals surface area contributed by atoms with Gasteiger partial charge < -0.3 is 10.5 Å². The molecule has 92 valence electrons. The highest BCUT2D eigenvalue weighted by molar-refractivity contribution is 9.10. The van der Waals surface area contributed by atoms with Crippen molar-refractivity contribution < 1.29 is 4.74 Å². The van der Waals surface area contributed by atoms with Crippen LogP contribution in [0.3, 0.4) is 0 Å². The molecule has 0 radical (unpaired) electrons. The molecule has 0 amide bonds. The summed E-state index contributed by atoms with van der Waals surface area (Å²) in [6.07, 6.45) is 3.61. The molecule has 0 atom stereocenters. The number of hydrogen-bond donors (Lipinski definition) is 1. The summed E-state index contributed by atoms with van der Waals surface area (Å²) in [5, 5.41) is 0. The van der Waals surface area contributed by atoms with Crippen molar-refractivity contribution in [3.63, 3.8) is 0 Å². The van der Waals surface area contributed by atoms with Crippen molar-refractivity contribution in [1.82, 2.24) is 0 Å². The zero-order valence-electron chi connectivity index (χ0n) is 9.95. The molecule has 2 N–H and O–H groups in total. The van der Waals surface area contributed by atoms with Crippen LogP contribution in [-0.2, 0) is 12.8 Å². The van der Waals surface area contributed by atoms with Crippen LogP contribution >= 0.6 is 15.9 Å². The van der Waals surface area contributed by atoms with E-state index in [1.54, 1.807) is 0 Å². The Morgan fingerprint density at radius 1 is 1.00 bits per heavy atom. The Morgan fingerprint density at radius 2 is 1.83 bits per heavy atom. The van der Waals surface area contributed by atoms with Crippen LogP contribution in [0.15, 0.2) is 40.9 Å². The highest BCUT2D eigenvalue weighted by Gasteiger charge is 2.12. The van der Waals surface area contributed by atoms with Gasteiger partial charge >= 0.3 is 0 Å². The number of anilines is 1. The number of halogens is 1. The third kappa shape index (κ3) is 2.23. The lowest BCUT2D eigenvalue weighted by Crippen LogP contribution is -1.90. The van der Waals surface area contributed by atoms with Crippen molar-refractivity contribution in [2.75, 3.05) is 5.73 Å². The number of benzene rings is 2. The first-order valence-electron chi connectivity index (χ1n) is 6.07. The van der Waals surface area contributed by atoms with Gasteiger partial charge in [0, 0.05) is 5.69 Å². The molecule has 0 aliphatic heterocycles. The van der Waals surface area contributed by atoms with E-state index in [0.717, 1.165) is 28.1 Å². The van der Waals surface area contributed by atoms with Gasteiger partial charge in [0.05, 0.1) is 4.47 Å². The van der Waals surface area contributed by atoms with Gasteiger partial charge in [-0.3, -0.25) is 0 Å². The highest BCUT2D eigenvalue weighted by atomic mass is 79.9. The van der Waals surface area contributed by atoms with E-state index >= 15 is 0 Å². The van der Waals surface area contributed by atoms with Gasteiger partial charge in [-0.15, -0.1) is 0 Å². The SMILES string of the molecule is Nc1ccc(Oc2ccc3c(c2)CCC3)c(Br)c1. The maximum atomic E-state index is 5.89. The first kappa shape index (κ1) is 11.6. The second kappa shape index (κ2) is 4.65. The van der Waals surface area contributed by atoms with Crippen LogP contribution in [0, 0.1) is 0 Å². The molecule has 18 heavy (non-hydrogen) atoms. The molecule has 2 nitrogen and oxygen atoms in total. The van der Waals surface area contributed by atoms with E-state index < -0.39 is 0 Å². The lowest BCUT2D eigenvalue weighted by Gasteiger charge is -2.09. The zero-order chi connectivity index (χ0) is 12.5. The van der Waals surface area contributed by atoms with Crippen molar-refractivity contribution in [1.29, 1.82) is 0 Å². The Kier molecular flexibility index (Phi) is 3.00. The van der Waals surface area contributed by atoms with E-state index in [9.17, 15) is 0 Å². The van der Waals surface area contributed by atoms with Gasteiger partial charge in [-0.25, -0.2) is 0 Å². The van der Waals surface area contributed by atoms with Crippen molar-refractivity contribution in [2.24, 2.45) is 0 Å². The summed E-state index contributed by atoms with van der Waals surface area (Å²) in [6.45, 7) is 0. The Bertz CT molecular complexity index is 595. The molecule has 1 aliphatic carbocycles. The monoisotopic (exact) mass is 303 g/mol. The predicted molar refractivity (Wildman–Crippen MR) is 77.1 cm³/mol. The molecule has 0 unspecified atom stereocenters. The first-order chi connectivity index (χ1) is 8.72. The summed E-state index contributed by atoms with van der Waals surface area (Å²) in [6, 6.07) is 11.9. The van der Waals surface area contributed by atoms with Crippen molar-refractivity contribution >= 4 is 21.6 Å². The average molecular weight is 304 g/mol. The second-order valence-electron chi connectivity index (χ2n) is 4.58. The number of nitrogen functional groups attached to an aromatic ring is 1. The average Bonchev–Trinajstić information content (AvgIpc) is 2.80. The van der Waals surface area contributed by atoms with Gasteiger partial charge in [0.1, 0.15) is 11.5 Å².